The Kier molecular flexibility index (Phi) is 6.78. The van der Waals surface area contributed by atoms with Gasteiger partial charge in [-0.15, -0.1) is 0 Å². The van der Waals surface area contributed by atoms with Gasteiger partial charge in [-0.3, -0.25) is 0 Å². The molecule has 1 rings (SSSR count). The van der Waals surface area contributed by atoms with Crippen molar-refractivity contribution < 1.29 is 19.8 Å². The third kappa shape index (κ3) is 4.69. The van der Waals surface area contributed by atoms with Crippen LogP contribution in [0.1, 0.15) is 11.1 Å². The zero-order valence-corrected chi connectivity index (χ0v) is 11.7. The van der Waals surface area contributed by atoms with Crippen LogP contribution in [0.25, 0.3) is 0 Å². The summed E-state index contributed by atoms with van der Waals surface area (Å²) < 4.78 is 10.1. The summed E-state index contributed by atoms with van der Waals surface area (Å²) in [5, 5.41) is 24.3. The molecule has 1 aromatic carbocycles. The lowest BCUT2D eigenvalue weighted by Crippen LogP contribution is -2.29. The number of ether oxygens (including phenoxy) is 2. The second kappa shape index (κ2) is 8.36. The molecule has 0 bridgehead atoms. The molecule has 0 aliphatic rings. The number of amidine groups is 1. The topological polar surface area (TPSA) is 109 Å². The van der Waals surface area contributed by atoms with Crippen molar-refractivity contribution in [2.24, 2.45) is 10.9 Å². The first-order valence-corrected chi connectivity index (χ1v) is 6.14. The summed E-state index contributed by atoms with van der Waals surface area (Å²) in [5.74, 6) is 0.724. The van der Waals surface area contributed by atoms with Crippen molar-refractivity contribution in [2.75, 3.05) is 27.4 Å². The van der Waals surface area contributed by atoms with Gasteiger partial charge in [0.15, 0.2) is 5.84 Å². The Balaban J connectivity index is 2.71. The number of benzene rings is 1. The highest BCUT2D eigenvalue weighted by molar-refractivity contribution is 5.97. The van der Waals surface area contributed by atoms with Crippen molar-refractivity contribution >= 4 is 5.84 Å². The number of rotatable bonds is 8. The molecule has 0 aliphatic carbocycles. The summed E-state index contributed by atoms with van der Waals surface area (Å²) >= 11 is 0. The van der Waals surface area contributed by atoms with E-state index < -0.39 is 6.10 Å². The van der Waals surface area contributed by atoms with Crippen molar-refractivity contribution in [1.29, 1.82) is 0 Å². The van der Waals surface area contributed by atoms with Gasteiger partial charge in [-0.2, -0.15) is 0 Å². The number of oxime groups is 1. The van der Waals surface area contributed by atoms with Gasteiger partial charge in [-0.25, -0.2) is 0 Å². The summed E-state index contributed by atoms with van der Waals surface area (Å²) in [4.78, 5) is 0. The predicted octanol–water partition coefficient (Wildman–Crippen LogP) is -0.113. The molecule has 0 spiro atoms. The smallest absolute Gasteiger partial charge is 0.170 e. The van der Waals surface area contributed by atoms with E-state index in [9.17, 15) is 5.11 Å². The lowest BCUT2D eigenvalue weighted by molar-refractivity contribution is 0.0644. The molecule has 0 heterocycles. The fraction of sp³-hybridized carbons (Fsp3) is 0.462. The first-order valence-electron chi connectivity index (χ1n) is 6.14. The Morgan fingerprint density at radius 3 is 2.80 bits per heavy atom. The number of methoxy groups -OCH3 is 2. The SMILES string of the molecule is COCC(O)CNCc1cc(/C(N)=N/O)ccc1OC. The van der Waals surface area contributed by atoms with Gasteiger partial charge in [0.1, 0.15) is 5.75 Å². The quantitative estimate of drug-likeness (QED) is 0.229. The molecule has 1 unspecified atom stereocenters. The monoisotopic (exact) mass is 283 g/mol. The number of nitrogens with zero attached hydrogens (tertiary/aromatic N) is 1. The van der Waals surface area contributed by atoms with E-state index in [2.05, 4.69) is 10.5 Å². The van der Waals surface area contributed by atoms with E-state index in [0.717, 1.165) is 5.56 Å². The highest BCUT2D eigenvalue weighted by Gasteiger charge is 2.08. The van der Waals surface area contributed by atoms with Gasteiger partial charge in [0, 0.05) is 31.3 Å². The molecular formula is C13H21N3O4. The van der Waals surface area contributed by atoms with Gasteiger partial charge in [-0.1, -0.05) is 5.16 Å². The molecule has 0 aromatic heterocycles. The van der Waals surface area contributed by atoms with Crippen LogP contribution in [-0.2, 0) is 11.3 Å². The summed E-state index contributed by atoms with van der Waals surface area (Å²) in [6.45, 7) is 1.15. The van der Waals surface area contributed by atoms with Gasteiger partial charge >= 0.3 is 0 Å². The Morgan fingerprint density at radius 2 is 2.20 bits per heavy atom. The Hall–Kier alpha value is -1.83. The van der Waals surface area contributed by atoms with Crippen LogP contribution in [0.15, 0.2) is 23.4 Å². The molecule has 1 aromatic rings. The van der Waals surface area contributed by atoms with Gasteiger partial charge in [-0.05, 0) is 18.2 Å². The van der Waals surface area contributed by atoms with Gasteiger partial charge in [0.2, 0.25) is 0 Å². The average molecular weight is 283 g/mol. The molecule has 1 atom stereocenters. The fourth-order valence-corrected chi connectivity index (χ4v) is 1.76. The van der Waals surface area contributed by atoms with Crippen LogP contribution in [0.5, 0.6) is 5.75 Å². The lowest BCUT2D eigenvalue weighted by atomic mass is 10.1. The number of hydrogen-bond donors (Lipinski definition) is 4. The minimum Gasteiger partial charge on any atom is -0.496 e. The van der Waals surface area contributed by atoms with Gasteiger partial charge < -0.3 is 30.8 Å². The summed E-state index contributed by atoms with van der Waals surface area (Å²) in [5.41, 5.74) is 7.00. The highest BCUT2D eigenvalue weighted by atomic mass is 16.5. The van der Waals surface area contributed by atoms with E-state index in [1.54, 1.807) is 25.3 Å². The minimum atomic E-state index is -0.571. The summed E-state index contributed by atoms with van der Waals surface area (Å²) in [6, 6.07) is 5.22. The lowest BCUT2D eigenvalue weighted by Gasteiger charge is -2.13. The molecule has 20 heavy (non-hydrogen) atoms. The zero-order chi connectivity index (χ0) is 15.0. The number of hydrogen-bond acceptors (Lipinski definition) is 6. The Labute approximate surface area is 118 Å². The molecule has 112 valence electrons. The van der Waals surface area contributed by atoms with Crippen molar-refractivity contribution in [3.63, 3.8) is 0 Å². The van der Waals surface area contributed by atoms with E-state index >= 15 is 0 Å². The van der Waals surface area contributed by atoms with E-state index in [0.29, 0.717) is 24.4 Å². The summed E-state index contributed by atoms with van der Waals surface area (Å²) in [7, 11) is 3.11. The number of aliphatic hydroxyl groups is 1. The number of aliphatic hydroxyl groups excluding tert-OH is 1. The van der Waals surface area contributed by atoms with Crippen LogP contribution < -0.4 is 15.8 Å². The first kappa shape index (κ1) is 16.2. The first-order chi connectivity index (χ1) is 9.62. The van der Waals surface area contributed by atoms with Gasteiger partial charge in [0.25, 0.3) is 0 Å². The Bertz CT molecular complexity index is 451. The molecule has 0 radical (unpaired) electrons. The normalized spacial score (nSPS) is 13.2. The number of nitrogens with two attached hydrogens (primary N) is 1. The van der Waals surface area contributed by atoms with Crippen molar-refractivity contribution in [3.8, 4) is 5.75 Å². The molecular weight excluding hydrogens is 262 g/mol. The molecule has 0 fully saturated rings. The van der Waals surface area contributed by atoms with Crippen LogP contribution in [0.3, 0.4) is 0 Å². The van der Waals surface area contributed by atoms with Crippen molar-refractivity contribution in [2.45, 2.75) is 12.6 Å². The average Bonchev–Trinajstić information content (AvgIpc) is 2.46. The van der Waals surface area contributed by atoms with Crippen LogP contribution in [-0.4, -0.2) is 49.6 Å². The minimum absolute atomic E-state index is 0.0355. The van der Waals surface area contributed by atoms with Crippen LogP contribution in [0.4, 0.5) is 0 Å². The van der Waals surface area contributed by atoms with E-state index in [1.165, 1.54) is 7.11 Å². The predicted molar refractivity (Wildman–Crippen MR) is 75.1 cm³/mol. The maximum absolute atomic E-state index is 9.54. The summed E-state index contributed by atoms with van der Waals surface area (Å²) in [6.07, 6.45) is -0.571. The van der Waals surface area contributed by atoms with Crippen LogP contribution >= 0.6 is 0 Å². The highest BCUT2D eigenvalue weighted by Crippen LogP contribution is 2.19. The molecule has 0 amide bonds. The molecule has 0 aliphatic heterocycles. The molecule has 7 heteroatoms. The Morgan fingerprint density at radius 1 is 1.45 bits per heavy atom. The van der Waals surface area contributed by atoms with Crippen LogP contribution in [0, 0.1) is 0 Å². The molecule has 0 saturated heterocycles. The van der Waals surface area contributed by atoms with E-state index in [-0.39, 0.29) is 12.4 Å². The second-order valence-electron chi connectivity index (χ2n) is 4.25. The van der Waals surface area contributed by atoms with Crippen LogP contribution in [0.2, 0.25) is 0 Å². The van der Waals surface area contributed by atoms with Crippen molar-refractivity contribution in [3.05, 3.63) is 29.3 Å². The largest absolute Gasteiger partial charge is 0.496 e. The van der Waals surface area contributed by atoms with E-state index in [1.807, 2.05) is 0 Å². The molecule has 7 nitrogen and oxygen atoms in total. The second-order valence-corrected chi connectivity index (χ2v) is 4.25. The zero-order valence-electron chi connectivity index (χ0n) is 11.7. The van der Waals surface area contributed by atoms with Gasteiger partial charge in [0.05, 0.1) is 19.8 Å². The third-order valence-electron chi connectivity index (χ3n) is 2.74. The molecule has 5 N–H and O–H groups in total. The van der Waals surface area contributed by atoms with Crippen molar-refractivity contribution in [1.82, 2.24) is 5.32 Å². The van der Waals surface area contributed by atoms with E-state index in [4.69, 9.17) is 20.4 Å². The maximum Gasteiger partial charge on any atom is 0.170 e. The maximum atomic E-state index is 9.54. The third-order valence-corrected chi connectivity index (χ3v) is 2.74. The molecule has 0 saturated carbocycles. The fourth-order valence-electron chi connectivity index (χ4n) is 1.76. The standard InChI is InChI=1S/C13H21N3O4/c1-19-8-11(17)7-15-6-10-5-9(13(14)16-18)3-4-12(10)20-2/h3-5,11,15,17-18H,6-8H2,1-2H3,(H2,14,16). The number of nitrogens with one attached hydrogen (secondary N) is 1.